The average molecular weight is 529 g/mol. The molecular weight excluding hydrogens is 505 g/mol. The van der Waals surface area contributed by atoms with Crippen LogP contribution in [0, 0.1) is 0 Å². The highest BCUT2D eigenvalue weighted by atomic mass is 32.2. The van der Waals surface area contributed by atoms with Crippen LogP contribution in [0.15, 0.2) is 102 Å². The minimum atomic E-state index is -4.68. The summed E-state index contributed by atoms with van der Waals surface area (Å²) in [7, 11) is -4.33. The maximum Gasteiger partial charge on any atom is 0.416 e. The highest BCUT2D eigenvalue weighted by molar-refractivity contribution is 7.92. The van der Waals surface area contributed by atoms with Crippen molar-refractivity contribution in [3.8, 4) is 5.75 Å². The fourth-order valence-electron chi connectivity index (χ4n) is 3.67. The van der Waals surface area contributed by atoms with Gasteiger partial charge in [-0.25, -0.2) is 8.42 Å². The van der Waals surface area contributed by atoms with Crippen LogP contribution in [0.3, 0.4) is 0 Å². The molecule has 0 fully saturated rings. The smallest absolute Gasteiger partial charge is 0.416 e. The molecule has 4 rings (SSSR count). The minimum absolute atomic E-state index is 0.0630. The summed E-state index contributed by atoms with van der Waals surface area (Å²) in [6.07, 6.45) is -4.68. The predicted octanol–water partition coefficient (Wildman–Crippen LogP) is 5.25. The van der Waals surface area contributed by atoms with Gasteiger partial charge < -0.3 is 10.1 Å². The Morgan fingerprint density at radius 1 is 0.838 bits per heavy atom. The van der Waals surface area contributed by atoms with Gasteiger partial charge in [0.05, 0.1) is 22.7 Å². The van der Waals surface area contributed by atoms with Gasteiger partial charge in [-0.2, -0.15) is 13.2 Å². The van der Waals surface area contributed by atoms with Gasteiger partial charge in [-0.3, -0.25) is 9.10 Å². The third kappa shape index (κ3) is 6.39. The summed E-state index contributed by atoms with van der Waals surface area (Å²) in [5.41, 5.74) is -1.30. The summed E-state index contributed by atoms with van der Waals surface area (Å²) in [5, 5.41) is 4.61. The Morgan fingerprint density at radius 3 is 2.27 bits per heavy atom. The molecule has 0 saturated carbocycles. The Morgan fingerprint density at radius 2 is 1.54 bits per heavy atom. The van der Waals surface area contributed by atoms with Gasteiger partial charge in [0.1, 0.15) is 18.9 Å². The average Bonchev–Trinajstić information content (AvgIpc) is 2.89. The van der Waals surface area contributed by atoms with Crippen LogP contribution in [0.5, 0.6) is 5.75 Å². The van der Waals surface area contributed by atoms with E-state index >= 15 is 0 Å². The molecule has 6 nitrogen and oxygen atoms in total. The molecule has 0 radical (unpaired) electrons. The first-order valence-electron chi connectivity index (χ1n) is 11.3. The molecule has 0 aliphatic carbocycles. The lowest BCUT2D eigenvalue weighted by molar-refractivity contribution is -0.137. The standard InChI is InChI=1S/C27H23F3N2O4S/c28-27(29,30)22-9-6-10-23(18-22)32(37(34,35)25-11-2-1-3-12-25)19-26(33)31-15-16-36-24-14-13-20-7-4-5-8-21(20)17-24/h1-14,17-18H,15-16,19H2,(H,31,33). The van der Waals surface area contributed by atoms with E-state index in [1.807, 2.05) is 36.4 Å². The molecule has 1 N–H and O–H groups in total. The zero-order chi connectivity index (χ0) is 26.5. The first-order chi connectivity index (χ1) is 17.6. The second-order valence-electron chi connectivity index (χ2n) is 8.08. The maximum absolute atomic E-state index is 13.3. The number of alkyl halides is 3. The van der Waals surface area contributed by atoms with Gasteiger partial charge in [0.15, 0.2) is 0 Å². The van der Waals surface area contributed by atoms with Gasteiger partial charge in [-0.1, -0.05) is 54.6 Å². The summed E-state index contributed by atoms with van der Waals surface area (Å²) >= 11 is 0. The number of fused-ring (bicyclic) bond motifs is 1. The number of halogens is 3. The largest absolute Gasteiger partial charge is 0.492 e. The topological polar surface area (TPSA) is 75.7 Å². The molecular formula is C27H23F3N2O4S. The molecule has 37 heavy (non-hydrogen) atoms. The van der Waals surface area contributed by atoms with Crippen molar-refractivity contribution < 1.29 is 31.1 Å². The minimum Gasteiger partial charge on any atom is -0.492 e. The van der Waals surface area contributed by atoms with Crippen LogP contribution in [-0.2, 0) is 21.0 Å². The number of hydrogen-bond donors (Lipinski definition) is 1. The molecule has 0 bridgehead atoms. The van der Waals surface area contributed by atoms with Crippen LogP contribution >= 0.6 is 0 Å². The molecule has 4 aromatic carbocycles. The summed E-state index contributed by atoms with van der Waals surface area (Å²) in [4.78, 5) is 12.5. The fourth-order valence-corrected chi connectivity index (χ4v) is 5.11. The van der Waals surface area contributed by atoms with Gasteiger partial charge >= 0.3 is 6.18 Å². The van der Waals surface area contributed by atoms with E-state index in [2.05, 4.69) is 5.32 Å². The highest BCUT2D eigenvalue weighted by Crippen LogP contribution is 2.33. The number of amides is 1. The predicted molar refractivity (Wildman–Crippen MR) is 135 cm³/mol. The summed E-state index contributed by atoms with van der Waals surface area (Å²) < 4.78 is 72.8. The molecule has 1 amide bonds. The molecule has 0 heterocycles. The van der Waals surface area contributed by atoms with E-state index in [4.69, 9.17) is 4.74 Å². The third-order valence-electron chi connectivity index (χ3n) is 5.49. The molecule has 192 valence electrons. The van der Waals surface area contributed by atoms with Crippen molar-refractivity contribution in [1.29, 1.82) is 0 Å². The van der Waals surface area contributed by atoms with Gasteiger partial charge in [0.25, 0.3) is 10.0 Å². The number of hydrogen-bond acceptors (Lipinski definition) is 4. The van der Waals surface area contributed by atoms with E-state index in [0.29, 0.717) is 16.1 Å². The Kier molecular flexibility index (Phi) is 7.68. The van der Waals surface area contributed by atoms with E-state index in [9.17, 15) is 26.4 Å². The van der Waals surface area contributed by atoms with Gasteiger partial charge in [-0.15, -0.1) is 0 Å². The SMILES string of the molecule is O=C(CN(c1cccc(C(F)(F)F)c1)S(=O)(=O)c1ccccc1)NCCOc1ccc2ccccc2c1. The van der Waals surface area contributed by atoms with E-state index < -0.39 is 34.2 Å². The first kappa shape index (κ1) is 26.0. The third-order valence-corrected chi connectivity index (χ3v) is 7.28. The van der Waals surface area contributed by atoms with Crippen LogP contribution in [0.1, 0.15) is 5.56 Å². The Balaban J connectivity index is 1.46. The summed E-state index contributed by atoms with van der Waals surface area (Å²) in [5.74, 6) is -0.0933. The number of benzene rings is 4. The Hall–Kier alpha value is -4.05. The number of carbonyl (C=O) groups is 1. The molecule has 0 unspecified atom stereocenters. The van der Waals surface area contributed by atoms with Crippen LogP contribution in [0.2, 0.25) is 0 Å². The molecule has 0 atom stereocenters. The summed E-state index contributed by atoms with van der Waals surface area (Å²) in [6, 6.07) is 24.4. The lowest BCUT2D eigenvalue weighted by atomic mass is 10.1. The number of anilines is 1. The Bertz CT molecular complexity index is 1490. The van der Waals surface area contributed by atoms with Crippen molar-refractivity contribution in [2.75, 3.05) is 24.0 Å². The normalized spacial score (nSPS) is 11.8. The maximum atomic E-state index is 13.3. The first-order valence-corrected chi connectivity index (χ1v) is 12.7. The molecule has 4 aromatic rings. The highest BCUT2D eigenvalue weighted by Gasteiger charge is 2.33. The lowest BCUT2D eigenvalue weighted by Crippen LogP contribution is -2.42. The number of nitrogens with zero attached hydrogens (tertiary/aromatic N) is 1. The van der Waals surface area contributed by atoms with Crippen molar-refractivity contribution in [3.05, 3.63) is 103 Å². The van der Waals surface area contributed by atoms with Crippen molar-refractivity contribution in [1.82, 2.24) is 5.32 Å². The van der Waals surface area contributed by atoms with E-state index in [1.54, 1.807) is 12.1 Å². The molecule has 10 heteroatoms. The number of nitrogens with one attached hydrogen (secondary N) is 1. The van der Waals surface area contributed by atoms with E-state index in [-0.39, 0.29) is 23.7 Å². The molecule has 0 aliphatic heterocycles. The second-order valence-corrected chi connectivity index (χ2v) is 9.94. The van der Waals surface area contributed by atoms with E-state index in [1.165, 1.54) is 30.3 Å². The second kappa shape index (κ2) is 10.9. The monoisotopic (exact) mass is 528 g/mol. The van der Waals surface area contributed by atoms with E-state index in [0.717, 1.165) is 22.9 Å². The zero-order valence-corrected chi connectivity index (χ0v) is 20.3. The quantitative estimate of drug-likeness (QED) is 0.301. The van der Waals surface area contributed by atoms with Gasteiger partial charge in [-0.05, 0) is 53.2 Å². The van der Waals surface area contributed by atoms with Crippen molar-refractivity contribution in [2.24, 2.45) is 0 Å². The molecule has 0 aromatic heterocycles. The fraction of sp³-hybridized carbons (Fsp3) is 0.148. The molecule has 0 saturated heterocycles. The number of rotatable bonds is 9. The van der Waals surface area contributed by atoms with Crippen LogP contribution in [0.25, 0.3) is 10.8 Å². The zero-order valence-electron chi connectivity index (χ0n) is 19.5. The van der Waals surface area contributed by atoms with Crippen molar-refractivity contribution in [3.63, 3.8) is 0 Å². The van der Waals surface area contributed by atoms with Crippen LogP contribution < -0.4 is 14.4 Å². The van der Waals surface area contributed by atoms with Gasteiger partial charge in [0.2, 0.25) is 5.91 Å². The number of sulfonamides is 1. The molecule has 0 spiro atoms. The molecule has 0 aliphatic rings. The number of carbonyl (C=O) groups excluding carboxylic acids is 1. The van der Waals surface area contributed by atoms with Crippen LogP contribution in [0.4, 0.5) is 18.9 Å². The number of ether oxygens (including phenoxy) is 1. The lowest BCUT2D eigenvalue weighted by Gasteiger charge is -2.25. The van der Waals surface area contributed by atoms with Crippen LogP contribution in [-0.4, -0.2) is 34.0 Å². The summed E-state index contributed by atoms with van der Waals surface area (Å²) in [6.45, 7) is -0.541. The Labute approximate surface area is 212 Å². The van der Waals surface area contributed by atoms with Crippen molar-refractivity contribution in [2.45, 2.75) is 11.1 Å². The van der Waals surface area contributed by atoms with Gasteiger partial charge in [0, 0.05) is 0 Å². The van der Waals surface area contributed by atoms with Crippen molar-refractivity contribution >= 4 is 32.4 Å².